The minimum atomic E-state index is -1.05. The standard InChI is InChI=1S/C20H28N2O5/c1-14(2)18(21-20(26)27-13-15-8-4-3-5-9-15)19(25)22(12-17(23)24)16-10-6-7-11-16/h3-5,8-9,14,16,18H,6-7,10-13H2,1-2H3,(H,21,26)(H,23,24)/t18-/m0/s1. The molecule has 27 heavy (non-hydrogen) atoms. The second kappa shape index (κ2) is 9.94. The van der Waals surface area contributed by atoms with Gasteiger partial charge >= 0.3 is 12.1 Å². The van der Waals surface area contributed by atoms with Gasteiger partial charge in [-0.1, -0.05) is 57.0 Å². The molecule has 0 unspecified atom stereocenters. The Morgan fingerprint density at radius 3 is 2.37 bits per heavy atom. The molecule has 0 spiro atoms. The molecule has 0 bridgehead atoms. The maximum Gasteiger partial charge on any atom is 0.408 e. The molecule has 0 saturated heterocycles. The van der Waals surface area contributed by atoms with E-state index in [4.69, 9.17) is 4.74 Å². The lowest BCUT2D eigenvalue weighted by Gasteiger charge is -2.32. The van der Waals surface area contributed by atoms with Crippen LogP contribution in [0.5, 0.6) is 0 Å². The molecule has 1 atom stereocenters. The quantitative estimate of drug-likeness (QED) is 0.727. The monoisotopic (exact) mass is 376 g/mol. The fourth-order valence-electron chi connectivity index (χ4n) is 3.33. The van der Waals surface area contributed by atoms with E-state index in [1.54, 1.807) is 0 Å². The van der Waals surface area contributed by atoms with E-state index in [-0.39, 0.29) is 31.0 Å². The van der Waals surface area contributed by atoms with Crippen LogP contribution in [0.3, 0.4) is 0 Å². The predicted octanol–water partition coefficient (Wildman–Crippen LogP) is 2.79. The molecule has 0 aromatic heterocycles. The van der Waals surface area contributed by atoms with Crippen molar-refractivity contribution in [3.63, 3.8) is 0 Å². The van der Waals surface area contributed by atoms with E-state index in [2.05, 4.69) is 5.32 Å². The summed E-state index contributed by atoms with van der Waals surface area (Å²) >= 11 is 0. The molecule has 1 saturated carbocycles. The van der Waals surface area contributed by atoms with Gasteiger partial charge in [-0.15, -0.1) is 0 Å². The summed E-state index contributed by atoms with van der Waals surface area (Å²) in [4.78, 5) is 37.8. The van der Waals surface area contributed by atoms with Gasteiger partial charge < -0.3 is 20.1 Å². The number of carbonyl (C=O) groups is 3. The first kappa shape index (κ1) is 20.7. The number of ether oxygens (including phenoxy) is 1. The Morgan fingerprint density at radius 2 is 1.81 bits per heavy atom. The summed E-state index contributed by atoms with van der Waals surface area (Å²) in [6, 6.07) is 8.34. The van der Waals surface area contributed by atoms with Gasteiger partial charge in [0.1, 0.15) is 19.2 Å². The summed E-state index contributed by atoms with van der Waals surface area (Å²) in [5.74, 6) is -1.61. The van der Waals surface area contributed by atoms with E-state index in [1.807, 2.05) is 44.2 Å². The number of carboxylic acids is 1. The summed E-state index contributed by atoms with van der Waals surface area (Å²) in [7, 11) is 0. The van der Waals surface area contributed by atoms with Gasteiger partial charge in [0.15, 0.2) is 0 Å². The topological polar surface area (TPSA) is 95.9 Å². The highest BCUT2D eigenvalue weighted by Gasteiger charge is 2.35. The van der Waals surface area contributed by atoms with Gasteiger partial charge in [0.05, 0.1) is 0 Å². The smallest absolute Gasteiger partial charge is 0.408 e. The number of carbonyl (C=O) groups excluding carboxylic acids is 2. The zero-order chi connectivity index (χ0) is 19.8. The summed E-state index contributed by atoms with van der Waals surface area (Å²) < 4.78 is 5.21. The lowest BCUT2D eigenvalue weighted by atomic mass is 10.0. The molecule has 1 fully saturated rings. The fourth-order valence-corrected chi connectivity index (χ4v) is 3.33. The van der Waals surface area contributed by atoms with Gasteiger partial charge in [-0.3, -0.25) is 9.59 Å². The second-order valence-electron chi connectivity index (χ2n) is 7.23. The molecule has 7 heteroatoms. The Balaban J connectivity index is 2.01. The maximum absolute atomic E-state index is 13.0. The minimum absolute atomic E-state index is 0.0861. The highest BCUT2D eigenvalue weighted by Crippen LogP contribution is 2.24. The van der Waals surface area contributed by atoms with Crippen molar-refractivity contribution in [2.75, 3.05) is 6.54 Å². The minimum Gasteiger partial charge on any atom is -0.480 e. The van der Waals surface area contributed by atoms with Gasteiger partial charge in [-0.2, -0.15) is 0 Å². The van der Waals surface area contributed by atoms with E-state index in [0.717, 1.165) is 31.2 Å². The lowest BCUT2D eigenvalue weighted by molar-refractivity contribution is -0.147. The van der Waals surface area contributed by atoms with E-state index in [0.29, 0.717) is 0 Å². The number of benzene rings is 1. The van der Waals surface area contributed by atoms with Crippen LogP contribution in [0.1, 0.15) is 45.1 Å². The first-order valence-corrected chi connectivity index (χ1v) is 9.38. The molecule has 1 aliphatic carbocycles. The largest absolute Gasteiger partial charge is 0.480 e. The molecule has 2 amide bonds. The number of rotatable bonds is 8. The SMILES string of the molecule is CC(C)[C@H](NC(=O)OCc1ccccc1)C(=O)N(CC(=O)O)C1CCCC1. The Kier molecular flexibility index (Phi) is 7.64. The van der Waals surface area contributed by atoms with Crippen LogP contribution in [0.25, 0.3) is 0 Å². The van der Waals surface area contributed by atoms with Crippen LogP contribution in [0.2, 0.25) is 0 Å². The third kappa shape index (κ3) is 6.27. The number of carboxylic acid groups (broad SMARTS) is 1. The number of alkyl carbamates (subject to hydrolysis) is 1. The Morgan fingerprint density at radius 1 is 1.19 bits per heavy atom. The van der Waals surface area contributed by atoms with Gasteiger partial charge in [0.2, 0.25) is 5.91 Å². The van der Waals surface area contributed by atoms with Crippen LogP contribution in [0.4, 0.5) is 4.79 Å². The molecule has 148 valence electrons. The van der Waals surface area contributed by atoms with Gasteiger partial charge in [0, 0.05) is 6.04 Å². The van der Waals surface area contributed by atoms with Crippen molar-refractivity contribution in [1.82, 2.24) is 10.2 Å². The zero-order valence-corrected chi connectivity index (χ0v) is 15.9. The molecule has 0 radical (unpaired) electrons. The van der Waals surface area contributed by atoms with Crippen LogP contribution in [0.15, 0.2) is 30.3 Å². The summed E-state index contributed by atoms with van der Waals surface area (Å²) in [5, 5.41) is 11.8. The van der Waals surface area contributed by atoms with Crippen molar-refractivity contribution < 1.29 is 24.2 Å². The maximum atomic E-state index is 13.0. The number of aliphatic carboxylic acids is 1. The Hall–Kier alpha value is -2.57. The molecule has 1 aromatic carbocycles. The molecule has 1 aromatic rings. The third-order valence-corrected chi connectivity index (χ3v) is 4.77. The van der Waals surface area contributed by atoms with E-state index in [1.165, 1.54) is 4.90 Å². The first-order valence-electron chi connectivity index (χ1n) is 9.38. The average Bonchev–Trinajstić information content (AvgIpc) is 3.17. The summed E-state index contributed by atoms with van der Waals surface area (Å²) in [6.45, 7) is 3.38. The Bertz CT molecular complexity index is 641. The lowest BCUT2D eigenvalue weighted by Crippen LogP contribution is -2.54. The van der Waals surface area contributed by atoms with Crippen molar-refractivity contribution in [1.29, 1.82) is 0 Å². The van der Waals surface area contributed by atoms with Crippen LogP contribution in [-0.2, 0) is 20.9 Å². The normalized spacial score (nSPS) is 15.4. The van der Waals surface area contributed by atoms with E-state index < -0.39 is 18.1 Å². The van der Waals surface area contributed by atoms with Gasteiger partial charge in [-0.25, -0.2) is 4.79 Å². The van der Waals surface area contributed by atoms with Crippen LogP contribution < -0.4 is 5.32 Å². The van der Waals surface area contributed by atoms with Gasteiger partial charge in [0.25, 0.3) is 0 Å². The second-order valence-corrected chi connectivity index (χ2v) is 7.23. The van der Waals surface area contributed by atoms with Crippen LogP contribution in [-0.4, -0.2) is 46.6 Å². The van der Waals surface area contributed by atoms with Crippen molar-refractivity contribution >= 4 is 18.0 Å². The number of amides is 2. The number of hydrogen-bond acceptors (Lipinski definition) is 4. The number of nitrogens with one attached hydrogen (secondary N) is 1. The highest BCUT2D eigenvalue weighted by atomic mass is 16.5. The Labute approximate surface area is 159 Å². The summed E-state index contributed by atoms with van der Waals surface area (Å²) in [6.07, 6.45) is 2.86. The van der Waals surface area contributed by atoms with Crippen molar-refractivity contribution in [2.45, 2.75) is 58.2 Å². The van der Waals surface area contributed by atoms with Crippen molar-refractivity contribution in [3.8, 4) is 0 Å². The predicted molar refractivity (Wildman–Crippen MR) is 100.0 cm³/mol. The molecular formula is C20H28N2O5. The first-order chi connectivity index (χ1) is 12.9. The van der Waals surface area contributed by atoms with Crippen molar-refractivity contribution in [2.24, 2.45) is 5.92 Å². The third-order valence-electron chi connectivity index (χ3n) is 4.77. The van der Waals surface area contributed by atoms with Gasteiger partial charge in [-0.05, 0) is 24.3 Å². The number of nitrogens with zero attached hydrogens (tertiary/aromatic N) is 1. The molecular weight excluding hydrogens is 348 g/mol. The highest BCUT2D eigenvalue weighted by molar-refractivity contribution is 5.88. The van der Waals surface area contributed by atoms with E-state index >= 15 is 0 Å². The molecule has 2 N–H and O–H groups in total. The van der Waals surface area contributed by atoms with E-state index in [9.17, 15) is 19.5 Å². The summed E-state index contributed by atoms with van der Waals surface area (Å²) in [5.41, 5.74) is 0.846. The zero-order valence-electron chi connectivity index (χ0n) is 15.9. The van der Waals surface area contributed by atoms with Crippen LogP contribution in [0, 0.1) is 5.92 Å². The molecule has 1 aliphatic rings. The van der Waals surface area contributed by atoms with Crippen molar-refractivity contribution in [3.05, 3.63) is 35.9 Å². The molecule has 0 heterocycles. The molecule has 0 aliphatic heterocycles. The molecule has 2 rings (SSSR count). The fraction of sp³-hybridized carbons (Fsp3) is 0.550. The molecule has 7 nitrogen and oxygen atoms in total. The number of hydrogen-bond donors (Lipinski definition) is 2. The van der Waals surface area contributed by atoms with Crippen LogP contribution >= 0.6 is 0 Å². The average molecular weight is 376 g/mol.